The first kappa shape index (κ1) is 41.6. The van der Waals surface area contributed by atoms with E-state index in [9.17, 15) is 10.5 Å². The summed E-state index contributed by atoms with van der Waals surface area (Å²) < 4.78 is 13.4. The number of furan rings is 2. The highest BCUT2D eigenvalue weighted by atomic mass is 16.3. The molecule has 2 aromatic heterocycles. The van der Waals surface area contributed by atoms with Crippen molar-refractivity contribution in [3.05, 3.63) is 228 Å². The first-order valence-electron chi connectivity index (χ1n) is 24.4. The van der Waals surface area contributed by atoms with Gasteiger partial charge in [0, 0.05) is 54.8 Å². The van der Waals surface area contributed by atoms with Crippen molar-refractivity contribution in [3.8, 4) is 34.4 Å². The van der Waals surface area contributed by atoms with E-state index in [1.807, 2.05) is 72.8 Å². The largest absolute Gasteiger partial charge is 0.454 e. The van der Waals surface area contributed by atoms with Gasteiger partial charge in [-0.05, 0) is 141 Å². The molecule has 0 spiro atoms. The van der Waals surface area contributed by atoms with E-state index >= 15 is 0 Å². The van der Waals surface area contributed by atoms with Gasteiger partial charge in [0.05, 0.1) is 40.3 Å². The molecule has 12 aromatic rings. The summed E-state index contributed by atoms with van der Waals surface area (Å²) >= 11 is 0. The van der Waals surface area contributed by atoms with Crippen LogP contribution in [0.1, 0.15) is 61.1 Å². The van der Waals surface area contributed by atoms with Crippen LogP contribution in [0.2, 0.25) is 0 Å². The molecule has 2 aliphatic carbocycles. The zero-order valence-electron chi connectivity index (χ0n) is 40.1. The summed E-state index contributed by atoms with van der Waals surface area (Å²) in [5.41, 5.74) is 19.7. The maximum absolute atomic E-state index is 9.83. The lowest BCUT2D eigenvalue weighted by Crippen LogP contribution is -2.29. The standard InChI is InChI=1S/C66H44N4O2/c1-65(2)53-17-9-16-52-55(70(42-28-24-40(38-68)25-29-42)57-19-11-15-51-46-13-6-8-21-59(46)72-64(51)57)35-34-47(60(52)53)49-33-32-48-44-31-30-43(36-54(44)66(3,4)61(48)62(49)65)69(41-26-22-39(37-67)23-27-41)56-18-10-14-50-45-12-5-7-20-58(45)71-63(50)56/h5-36H,1-4H3. The lowest BCUT2D eigenvalue weighted by atomic mass is 9.63. The van der Waals surface area contributed by atoms with Crippen LogP contribution in [-0.2, 0) is 10.8 Å². The molecule has 6 nitrogen and oxygen atoms in total. The second kappa shape index (κ2) is 15.1. The van der Waals surface area contributed by atoms with Crippen molar-refractivity contribution in [2.24, 2.45) is 0 Å². The third-order valence-electron chi connectivity index (χ3n) is 15.7. The Morgan fingerprint density at radius 1 is 0.375 bits per heavy atom. The molecule has 340 valence electrons. The lowest BCUT2D eigenvalue weighted by molar-refractivity contribution is 0.591. The van der Waals surface area contributed by atoms with E-state index in [-0.39, 0.29) is 5.41 Å². The Bertz CT molecular complexity index is 4370. The van der Waals surface area contributed by atoms with Crippen LogP contribution in [0.15, 0.2) is 203 Å². The Morgan fingerprint density at radius 2 is 0.833 bits per heavy atom. The Hall–Kier alpha value is -9.36. The molecule has 0 radical (unpaired) electrons. The van der Waals surface area contributed by atoms with E-state index in [2.05, 4.69) is 171 Å². The fraction of sp³-hybridized carbons (Fsp3) is 0.0909. The molecular formula is C66H44N4O2. The summed E-state index contributed by atoms with van der Waals surface area (Å²) in [5, 5.41) is 26.2. The van der Waals surface area contributed by atoms with E-state index < -0.39 is 5.41 Å². The summed E-state index contributed by atoms with van der Waals surface area (Å²) in [6, 6.07) is 72.4. The Kier molecular flexibility index (Phi) is 8.71. The predicted octanol–water partition coefficient (Wildman–Crippen LogP) is 17.9. The van der Waals surface area contributed by atoms with Gasteiger partial charge in [0.1, 0.15) is 11.2 Å². The lowest BCUT2D eigenvalue weighted by Gasteiger charge is -2.40. The first-order valence-corrected chi connectivity index (χ1v) is 24.4. The number of benzene rings is 10. The fourth-order valence-electron chi connectivity index (χ4n) is 12.4. The maximum atomic E-state index is 9.83. The van der Waals surface area contributed by atoms with Gasteiger partial charge in [-0.1, -0.05) is 131 Å². The fourth-order valence-corrected chi connectivity index (χ4v) is 12.4. The molecule has 0 atom stereocenters. The molecule has 0 saturated carbocycles. The number of rotatable bonds is 6. The van der Waals surface area contributed by atoms with E-state index in [4.69, 9.17) is 8.83 Å². The number of hydrogen-bond acceptors (Lipinski definition) is 6. The Labute approximate surface area is 416 Å². The van der Waals surface area contributed by atoms with Crippen LogP contribution in [0.3, 0.4) is 0 Å². The molecule has 2 aliphatic rings. The third kappa shape index (κ3) is 5.75. The van der Waals surface area contributed by atoms with E-state index in [1.165, 1.54) is 49.9 Å². The van der Waals surface area contributed by atoms with E-state index in [0.29, 0.717) is 11.1 Å². The summed E-state index contributed by atoms with van der Waals surface area (Å²) in [6.07, 6.45) is 0. The summed E-state index contributed by atoms with van der Waals surface area (Å²) in [5.74, 6) is 0. The highest BCUT2D eigenvalue weighted by Gasteiger charge is 2.45. The zero-order valence-corrected chi connectivity index (χ0v) is 40.1. The van der Waals surface area contributed by atoms with E-state index in [1.54, 1.807) is 0 Å². The quantitative estimate of drug-likeness (QED) is 0.165. The molecule has 72 heavy (non-hydrogen) atoms. The minimum atomic E-state index is -0.391. The Morgan fingerprint density at radius 3 is 1.43 bits per heavy atom. The van der Waals surface area contributed by atoms with Gasteiger partial charge in [0.2, 0.25) is 0 Å². The normalized spacial score (nSPS) is 13.8. The van der Waals surface area contributed by atoms with Crippen LogP contribution < -0.4 is 9.80 Å². The monoisotopic (exact) mass is 924 g/mol. The molecule has 0 bridgehead atoms. The van der Waals surface area contributed by atoms with Gasteiger partial charge < -0.3 is 18.6 Å². The van der Waals surface area contributed by atoms with Gasteiger partial charge in [-0.2, -0.15) is 10.5 Å². The maximum Gasteiger partial charge on any atom is 0.159 e. The van der Waals surface area contributed by atoms with Gasteiger partial charge in [-0.3, -0.25) is 0 Å². The molecule has 0 unspecified atom stereocenters. The molecule has 14 rings (SSSR count). The second-order valence-electron chi connectivity index (χ2n) is 20.2. The molecule has 6 heteroatoms. The minimum absolute atomic E-state index is 0.381. The summed E-state index contributed by atoms with van der Waals surface area (Å²) in [6.45, 7) is 9.57. The van der Waals surface area contributed by atoms with Crippen molar-refractivity contribution in [2.45, 2.75) is 38.5 Å². The number of hydrogen-bond donors (Lipinski definition) is 0. The average Bonchev–Trinajstić information content (AvgIpc) is 4.07. The highest BCUT2D eigenvalue weighted by molar-refractivity contribution is 6.15. The molecule has 2 heterocycles. The first-order chi connectivity index (χ1) is 35.1. The molecule has 10 aromatic carbocycles. The molecule has 0 N–H and O–H groups in total. The van der Waals surface area contributed by atoms with Gasteiger partial charge in [0.15, 0.2) is 11.2 Å². The highest BCUT2D eigenvalue weighted by Crippen LogP contribution is 2.60. The van der Waals surface area contributed by atoms with Crippen LogP contribution in [0.5, 0.6) is 0 Å². The number of anilines is 6. The average molecular weight is 925 g/mol. The Balaban J connectivity index is 0.941. The molecular weight excluding hydrogens is 881 g/mol. The molecule has 0 fully saturated rings. The van der Waals surface area contributed by atoms with Crippen LogP contribution in [0, 0.1) is 22.7 Å². The minimum Gasteiger partial charge on any atom is -0.454 e. The second-order valence-corrected chi connectivity index (χ2v) is 20.2. The SMILES string of the molecule is CC1(C)c2cc(N(c3ccc(C#N)cc3)c3cccc4c3oc3ccccc34)ccc2-c2ccc3c(c21)C(C)(C)c1cccc2c(N(c4ccc(C#N)cc4)c4cccc5c4oc4ccccc45)ccc-3c12. The third-order valence-corrected chi connectivity index (χ3v) is 15.7. The predicted molar refractivity (Wildman–Crippen MR) is 292 cm³/mol. The van der Waals surface area contributed by atoms with Crippen LogP contribution in [0.4, 0.5) is 34.1 Å². The number of nitriles is 2. The molecule has 0 saturated heterocycles. The molecule has 0 amide bonds. The van der Waals surface area contributed by atoms with Gasteiger partial charge in [-0.15, -0.1) is 0 Å². The number of nitrogens with zero attached hydrogens (tertiary/aromatic N) is 4. The summed E-state index contributed by atoms with van der Waals surface area (Å²) in [4.78, 5) is 4.57. The topological polar surface area (TPSA) is 80.3 Å². The van der Waals surface area contributed by atoms with Crippen molar-refractivity contribution in [3.63, 3.8) is 0 Å². The van der Waals surface area contributed by atoms with E-state index in [0.717, 1.165) is 83.4 Å². The van der Waals surface area contributed by atoms with Crippen molar-refractivity contribution in [2.75, 3.05) is 9.80 Å². The summed E-state index contributed by atoms with van der Waals surface area (Å²) in [7, 11) is 0. The zero-order chi connectivity index (χ0) is 48.6. The van der Waals surface area contributed by atoms with Gasteiger partial charge in [0.25, 0.3) is 0 Å². The van der Waals surface area contributed by atoms with Gasteiger partial charge in [-0.25, -0.2) is 0 Å². The molecule has 0 aliphatic heterocycles. The van der Waals surface area contributed by atoms with Crippen LogP contribution in [0.25, 0.3) is 76.9 Å². The van der Waals surface area contributed by atoms with Crippen molar-refractivity contribution < 1.29 is 8.83 Å². The van der Waals surface area contributed by atoms with Crippen molar-refractivity contribution in [1.29, 1.82) is 10.5 Å². The number of para-hydroxylation sites is 4. The smallest absolute Gasteiger partial charge is 0.159 e. The van der Waals surface area contributed by atoms with Crippen LogP contribution in [-0.4, -0.2) is 0 Å². The van der Waals surface area contributed by atoms with Crippen molar-refractivity contribution >= 4 is 88.8 Å². The van der Waals surface area contributed by atoms with Gasteiger partial charge >= 0.3 is 0 Å². The van der Waals surface area contributed by atoms with Crippen LogP contribution >= 0.6 is 0 Å². The number of fused-ring (bicyclic) bond motifs is 12. The van der Waals surface area contributed by atoms with Crippen molar-refractivity contribution in [1.82, 2.24) is 0 Å².